The highest BCUT2D eigenvalue weighted by molar-refractivity contribution is 5.83. The second-order valence-corrected chi connectivity index (χ2v) is 5.96. The second-order valence-electron chi connectivity index (χ2n) is 5.96. The van der Waals surface area contributed by atoms with Crippen molar-refractivity contribution in [3.8, 4) is 0 Å². The molecule has 3 rings (SSSR count). The summed E-state index contributed by atoms with van der Waals surface area (Å²) in [6, 6.07) is 0.230. The lowest BCUT2D eigenvalue weighted by molar-refractivity contribution is -0.184. The molecular formula is C13H18F3N3O2. The van der Waals surface area contributed by atoms with Gasteiger partial charge in [-0.05, 0) is 17.6 Å². The molecule has 0 aromatic carbocycles. The number of carbonyl (C=O) groups is 1. The van der Waals surface area contributed by atoms with Gasteiger partial charge in [0.1, 0.15) is 0 Å². The Labute approximate surface area is 120 Å². The van der Waals surface area contributed by atoms with Gasteiger partial charge in [-0.25, -0.2) is 0 Å². The summed E-state index contributed by atoms with van der Waals surface area (Å²) in [4.78, 5) is 14.3. The van der Waals surface area contributed by atoms with Gasteiger partial charge in [-0.3, -0.25) is 9.69 Å². The fourth-order valence-corrected chi connectivity index (χ4v) is 3.29. The highest BCUT2D eigenvalue weighted by Crippen LogP contribution is 2.31. The standard InChI is InChI=1S/C13H18F3N3O2/c14-13(15,16)12(20)19-4-8-2-18(3-9(8)5-19)11-1-10(17)6-21-7-11/h10-11H,1-7,17H2. The number of nitrogens with zero attached hydrogens (tertiary/aromatic N) is 2. The number of hydrogen-bond donors (Lipinski definition) is 1. The summed E-state index contributed by atoms with van der Waals surface area (Å²) >= 11 is 0. The third-order valence-corrected chi connectivity index (χ3v) is 4.31. The molecule has 1 fully saturated rings. The number of halogens is 3. The Morgan fingerprint density at radius 2 is 1.76 bits per heavy atom. The molecule has 118 valence electrons. The molecule has 2 unspecified atom stereocenters. The zero-order valence-corrected chi connectivity index (χ0v) is 11.5. The molecule has 5 nitrogen and oxygen atoms in total. The molecule has 0 radical (unpaired) electrons. The van der Waals surface area contributed by atoms with E-state index in [0.717, 1.165) is 22.5 Å². The van der Waals surface area contributed by atoms with Crippen molar-refractivity contribution >= 4 is 5.91 Å². The van der Waals surface area contributed by atoms with E-state index in [1.165, 1.54) is 0 Å². The molecule has 8 heteroatoms. The third kappa shape index (κ3) is 2.93. The lowest BCUT2D eigenvalue weighted by Gasteiger charge is -2.35. The van der Waals surface area contributed by atoms with Gasteiger partial charge in [-0.15, -0.1) is 0 Å². The summed E-state index contributed by atoms with van der Waals surface area (Å²) in [5, 5.41) is 0. The first-order valence-corrected chi connectivity index (χ1v) is 6.98. The van der Waals surface area contributed by atoms with Crippen LogP contribution in [0.25, 0.3) is 0 Å². The van der Waals surface area contributed by atoms with Crippen LogP contribution in [-0.2, 0) is 9.53 Å². The number of alkyl halides is 3. The van der Waals surface area contributed by atoms with E-state index < -0.39 is 12.1 Å². The Morgan fingerprint density at radius 1 is 1.14 bits per heavy atom. The number of ether oxygens (including phenoxy) is 1. The van der Waals surface area contributed by atoms with Crippen molar-refractivity contribution in [3.63, 3.8) is 0 Å². The van der Waals surface area contributed by atoms with Gasteiger partial charge < -0.3 is 15.4 Å². The number of carbonyl (C=O) groups excluding carboxylic acids is 1. The van der Waals surface area contributed by atoms with Crippen LogP contribution in [0, 0.1) is 0 Å². The topological polar surface area (TPSA) is 58.8 Å². The second kappa shape index (κ2) is 5.26. The summed E-state index contributed by atoms with van der Waals surface area (Å²) in [5.41, 5.74) is 7.75. The van der Waals surface area contributed by atoms with Gasteiger partial charge in [-0.2, -0.15) is 13.2 Å². The molecule has 2 atom stereocenters. The van der Waals surface area contributed by atoms with Gasteiger partial charge in [-0.1, -0.05) is 0 Å². The Balaban J connectivity index is 1.56. The number of rotatable bonds is 1. The van der Waals surface area contributed by atoms with Crippen LogP contribution in [0.3, 0.4) is 0 Å². The average molecular weight is 305 g/mol. The van der Waals surface area contributed by atoms with Crippen LogP contribution in [-0.4, -0.2) is 73.4 Å². The summed E-state index contributed by atoms with van der Waals surface area (Å²) in [6.45, 7) is 2.56. The van der Waals surface area contributed by atoms with Crippen LogP contribution in [0.1, 0.15) is 6.42 Å². The maximum atomic E-state index is 12.4. The number of nitrogens with two attached hydrogens (primary N) is 1. The normalized spacial score (nSPS) is 31.0. The predicted octanol–water partition coefficient (Wildman–Crippen LogP) is 0.119. The zero-order valence-electron chi connectivity index (χ0n) is 11.5. The molecule has 0 spiro atoms. The largest absolute Gasteiger partial charge is 0.471 e. The van der Waals surface area contributed by atoms with Crippen LogP contribution in [0.2, 0.25) is 0 Å². The molecule has 3 aliphatic heterocycles. The Kier molecular flexibility index (Phi) is 3.71. The van der Waals surface area contributed by atoms with E-state index in [2.05, 4.69) is 4.90 Å². The predicted molar refractivity (Wildman–Crippen MR) is 68.4 cm³/mol. The first-order chi connectivity index (χ1) is 9.84. The maximum absolute atomic E-state index is 12.4. The summed E-state index contributed by atoms with van der Waals surface area (Å²) in [6.07, 6.45) is -3.95. The van der Waals surface area contributed by atoms with Gasteiger partial charge in [0, 0.05) is 38.3 Å². The minimum Gasteiger partial charge on any atom is -0.378 e. The fraction of sp³-hybridized carbons (Fsp3) is 0.769. The van der Waals surface area contributed by atoms with Crippen LogP contribution < -0.4 is 5.73 Å². The quantitative estimate of drug-likeness (QED) is 0.699. The molecule has 2 N–H and O–H groups in total. The van der Waals surface area contributed by atoms with Crippen molar-refractivity contribution in [2.75, 3.05) is 39.4 Å². The summed E-state index contributed by atoms with van der Waals surface area (Å²) < 4.78 is 42.7. The molecule has 0 aromatic heterocycles. The molecule has 21 heavy (non-hydrogen) atoms. The number of hydrogen-bond acceptors (Lipinski definition) is 4. The maximum Gasteiger partial charge on any atom is 0.471 e. The van der Waals surface area contributed by atoms with Gasteiger partial charge in [0.05, 0.1) is 13.2 Å². The molecule has 0 bridgehead atoms. The smallest absolute Gasteiger partial charge is 0.378 e. The Hall–Kier alpha value is -1.12. The third-order valence-electron chi connectivity index (χ3n) is 4.31. The van der Waals surface area contributed by atoms with Crippen LogP contribution >= 0.6 is 0 Å². The van der Waals surface area contributed by atoms with E-state index in [1.807, 2.05) is 0 Å². The van der Waals surface area contributed by atoms with Gasteiger partial charge in [0.25, 0.3) is 0 Å². The van der Waals surface area contributed by atoms with Crippen molar-refractivity contribution in [1.82, 2.24) is 9.80 Å². The molecule has 1 saturated heterocycles. The van der Waals surface area contributed by atoms with E-state index in [-0.39, 0.29) is 25.2 Å². The molecule has 3 heterocycles. The molecule has 0 aromatic rings. The van der Waals surface area contributed by atoms with Crippen LogP contribution in [0.5, 0.6) is 0 Å². The van der Waals surface area contributed by atoms with Crippen molar-refractivity contribution < 1.29 is 22.7 Å². The van der Waals surface area contributed by atoms with E-state index in [4.69, 9.17) is 10.5 Å². The molecule has 0 saturated carbocycles. The van der Waals surface area contributed by atoms with Crippen molar-refractivity contribution in [2.45, 2.75) is 24.7 Å². The zero-order chi connectivity index (χ0) is 15.2. The van der Waals surface area contributed by atoms with Crippen molar-refractivity contribution in [3.05, 3.63) is 11.1 Å². The van der Waals surface area contributed by atoms with Crippen molar-refractivity contribution in [2.24, 2.45) is 5.73 Å². The van der Waals surface area contributed by atoms with Crippen LogP contribution in [0.4, 0.5) is 13.2 Å². The molecule has 0 aliphatic carbocycles. The monoisotopic (exact) mass is 305 g/mol. The Morgan fingerprint density at radius 3 is 2.29 bits per heavy atom. The fourth-order valence-electron chi connectivity index (χ4n) is 3.29. The van der Waals surface area contributed by atoms with Crippen LogP contribution in [0.15, 0.2) is 11.1 Å². The van der Waals surface area contributed by atoms with Gasteiger partial charge >= 0.3 is 12.1 Å². The lowest BCUT2D eigenvalue weighted by atomic mass is 10.1. The van der Waals surface area contributed by atoms with E-state index in [1.54, 1.807) is 0 Å². The van der Waals surface area contributed by atoms with E-state index in [0.29, 0.717) is 26.3 Å². The minimum absolute atomic E-state index is 0.0162. The highest BCUT2D eigenvalue weighted by Gasteiger charge is 2.46. The molecular weight excluding hydrogens is 287 g/mol. The number of amides is 1. The van der Waals surface area contributed by atoms with Gasteiger partial charge in [0.2, 0.25) is 0 Å². The van der Waals surface area contributed by atoms with E-state index in [9.17, 15) is 18.0 Å². The Bertz CT molecular complexity index is 460. The minimum atomic E-state index is -4.79. The average Bonchev–Trinajstić information content (AvgIpc) is 2.94. The molecule has 1 amide bonds. The summed E-state index contributed by atoms with van der Waals surface area (Å²) in [7, 11) is 0. The highest BCUT2D eigenvalue weighted by atomic mass is 19.4. The van der Waals surface area contributed by atoms with E-state index >= 15 is 0 Å². The molecule has 3 aliphatic rings. The first kappa shape index (κ1) is 14.8. The SMILES string of the molecule is NC1COCC(N2CC3=C(CN(C(=O)C(F)(F)F)C3)C2)C1. The van der Waals surface area contributed by atoms with Gasteiger partial charge in [0.15, 0.2) is 0 Å². The lowest BCUT2D eigenvalue weighted by Crippen LogP contribution is -2.48. The summed E-state index contributed by atoms with van der Waals surface area (Å²) in [5.74, 6) is -1.74. The first-order valence-electron chi connectivity index (χ1n) is 6.98. The van der Waals surface area contributed by atoms with Crippen molar-refractivity contribution in [1.29, 1.82) is 0 Å².